The van der Waals surface area contributed by atoms with E-state index >= 15 is 0 Å². The van der Waals surface area contributed by atoms with Crippen LogP contribution in [0.3, 0.4) is 0 Å². The lowest BCUT2D eigenvalue weighted by molar-refractivity contribution is -0.383. The van der Waals surface area contributed by atoms with Crippen molar-refractivity contribution in [1.82, 2.24) is 4.98 Å². The molecule has 2 aromatic carbocycles. The van der Waals surface area contributed by atoms with Gasteiger partial charge in [0.2, 0.25) is 0 Å². The van der Waals surface area contributed by atoms with Gasteiger partial charge in [-0.05, 0) is 18.2 Å². The number of anilines is 1. The van der Waals surface area contributed by atoms with Crippen molar-refractivity contribution in [3.8, 4) is 17.3 Å². The van der Waals surface area contributed by atoms with E-state index in [1.165, 1.54) is 29.7 Å². The molecule has 4 aromatic rings. The lowest BCUT2D eigenvalue weighted by Gasteiger charge is -2.02. The maximum Gasteiger partial charge on any atom is 0.345 e. The molecule has 2 aromatic heterocycles. The summed E-state index contributed by atoms with van der Waals surface area (Å²) in [6.07, 6.45) is 1.35. The number of nitriles is 1. The Kier molecular flexibility index (Phi) is 5.07. The maximum absolute atomic E-state index is 12.3. The fourth-order valence-electron chi connectivity index (χ4n) is 2.81. The highest BCUT2D eigenvalue weighted by atomic mass is 32.1. The molecule has 9 heteroatoms. The second-order valence-electron chi connectivity index (χ2n) is 6.11. The largest absolute Gasteiger partial charge is 0.422 e. The predicted molar refractivity (Wildman–Crippen MR) is 114 cm³/mol. The summed E-state index contributed by atoms with van der Waals surface area (Å²) in [5, 5.41) is 26.2. The van der Waals surface area contributed by atoms with E-state index in [0.717, 1.165) is 5.39 Å². The zero-order valence-corrected chi connectivity index (χ0v) is 16.1. The monoisotopic (exact) mass is 416 g/mol. The van der Waals surface area contributed by atoms with E-state index in [1.54, 1.807) is 35.7 Å². The van der Waals surface area contributed by atoms with Gasteiger partial charge in [-0.1, -0.05) is 30.3 Å². The predicted octanol–water partition coefficient (Wildman–Crippen LogP) is 4.80. The molecule has 30 heavy (non-hydrogen) atoms. The van der Waals surface area contributed by atoms with Crippen molar-refractivity contribution < 1.29 is 9.34 Å². The molecule has 0 fully saturated rings. The van der Waals surface area contributed by atoms with Crippen molar-refractivity contribution in [3.63, 3.8) is 0 Å². The van der Waals surface area contributed by atoms with Gasteiger partial charge in [0.1, 0.15) is 27.9 Å². The van der Waals surface area contributed by atoms with E-state index in [4.69, 9.17) is 4.42 Å². The van der Waals surface area contributed by atoms with Crippen LogP contribution >= 0.6 is 11.3 Å². The molecule has 0 aliphatic heterocycles. The number of thiazole rings is 1. The number of fused-ring (bicyclic) bond motifs is 1. The van der Waals surface area contributed by atoms with Crippen LogP contribution in [-0.2, 0) is 0 Å². The van der Waals surface area contributed by atoms with Crippen LogP contribution in [0, 0.1) is 21.4 Å². The smallest absolute Gasteiger partial charge is 0.345 e. The molecule has 0 amide bonds. The lowest BCUT2D eigenvalue weighted by Crippen LogP contribution is -2.03. The molecule has 146 valence electrons. The number of benzene rings is 2. The van der Waals surface area contributed by atoms with Crippen molar-refractivity contribution in [2.45, 2.75) is 0 Å². The number of nitro benzene ring substituents is 1. The van der Waals surface area contributed by atoms with E-state index < -0.39 is 10.5 Å². The third kappa shape index (κ3) is 3.67. The molecule has 0 unspecified atom stereocenters. The van der Waals surface area contributed by atoms with E-state index in [2.05, 4.69) is 10.3 Å². The first-order valence-electron chi connectivity index (χ1n) is 8.66. The van der Waals surface area contributed by atoms with Gasteiger partial charge in [-0.3, -0.25) is 10.1 Å². The number of hydrogen-bond donors (Lipinski definition) is 1. The zero-order valence-electron chi connectivity index (χ0n) is 15.2. The first-order valence-corrected chi connectivity index (χ1v) is 9.54. The average molecular weight is 416 g/mol. The highest BCUT2D eigenvalue weighted by molar-refractivity contribution is 7.11. The highest BCUT2D eigenvalue weighted by Gasteiger charge is 2.15. The van der Waals surface area contributed by atoms with Gasteiger partial charge in [-0.15, -0.1) is 11.3 Å². The normalized spacial score (nSPS) is 11.2. The first kappa shape index (κ1) is 19.0. The second kappa shape index (κ2) is 7.98. The van der Waals surface area contributed by atoms with Gasteiger partial charge in [0.15, 0.2) is 0 Å². The molecular formula is C21H12N4O4S. The van der Waals surface area contributed by atoms with E-state index in [1.807, 2.05) is 18.2 Å². The molecule has 4 rings (SSSR count). The number of nitro groups is 1. The quantitative estimate of drug-likeness (QED) is 0.214. The molecule has 0 radical (unpaired) electrons. The molecule has 8 nitrogen and oxygen atoms in total. The second-order valence-corrected chi connectivity index (χ2v) is 6.97. The summed E-state index contributed by atoms with van der Waals surface area (Å²) in [5.41, 5.74) is 0.956. The minimum atomic E-state index is -0.522. The van der Waals surface area contributed by atoms with Crippen molar-refractivity contribution in [2.75, 3.05) is 5.32 Å². The van der Waals surface area contributed by atoms with E-state index in [9.17, 15) is 20.2 Å². The van der Waals surface area contributed by atoms with Crippen LogP contribution < -0.4 is 10.9 Å². The molecule has 0 bridgehead atoms. The molecule has 0 spiro atoms. The molecule has 0 aliphatic carbocycles. The third-order valence-electron chi connectivity index (χ3n) is 4.25. The van der Waals surface area contributed by atoms with Gasteiger partial charge in [0.05, 0.1) is 16.2 Å². The van der Waals surface area contributed by atoms with Gasteiger partial charge >= 0.3 is 5.63 Å². The molecule has 0 atom stereocenters. The number of para-hydroxylation sites is 3. The van der Waals surface area contributed by atoms with Crippen molar-refractivity contribution >= 4 is 39.3 Å². The Labute approximate surface area is 173 Å². The van der Waals surface area contributed by atoms with Gasteiger partial charge in [-0.25, -0.2) is 9.78 Å². The Hall–Kier alpha value is -4.29. The Morgan fingerprint density at radius 2 is 2.00 bits per heavy atom. The van der Waals surface area contributed by atoms with Crippen LogP contribution in [0.2, 0.25) is 0 Å². The Morgan fingerprint density at radius 3 is 2.80 bits per heavy atom. The van der Waals surface area contributed by atoms with Gasteiger partial charge in [0, 0.05) is 23.0 Å². The minimum Gasteiger partial charge on any atom is -0.422 e. The summed E-state index contributed by atoms with van der Waals surface area (Å²) >= 11 is 1.18. The van der Waals surface area contributed by atoms with Crippen LogP contribution in [0.15, 0.2) is 75.4 Å². The molecular weight excluding hydrogens is 404 g/mol. The first-order chi connectivity index (χ1) is 14.6. The van der Waals surface area contributed by atoms with Crippen LogP contribution in [0.1, 0.15) is 5.01 Å². The minimum absolute atomic E-state index is 0.111. The van der Waals surface area contributed by atoms with Crippen LogP contribution in [-0.4, -0.2) is 9.91 Å². The molecule has 0 aliphatic rings. The lowest BCUT2D eigenvalue weighted by atomic mass is 10.1. The molecule has 1 N–H and O–H groups in total. The summed E-state index contributed by atoms with van der Waals surface area (Å²) in [4.78, 5) is 27.3. The molecule has 2 heterocycles. The summed E-state index contributed by atoms with van der Waals surface area (Å²) in [7, 11) is 0. The number of hydrogen-bond acceptors (Lipinski definition) is 8. The Balaban J connectivity index is 1.67. The summed E-state index contributed by atoms with van der Waals surface area (Å²) in [5.74, 6) is 0. The van der Waals surface area contributed by atoms with Gasteiger partial charge < -0.3 is 9.73 Å². The Morgan fingerprint density at radius 1 is 1.23 bits per heavy atom. The fourth-order valence-corrected chi connectivity index (χ4v) is 3.59. The number of nitrogens with one attached hydrogen (secondary N) is 1. The number of aromatic nitrogens is 1. The number of rotatable bonds is 5. The van der Waals surface area contributed by atoms with Crippen molar-refractivity contribution in [2.24, 2.45) is 0 Å². The van der Waals surface area contributed by atoms with Crippen molar-refractivity contribution in [1.29, 1.82) is 5.26 Å². The summed E-state index contributed by atoms with van der Waals surface area (Å²) < 4.78 is 5.34. The topological polar surface area (TPSA) is 122 Å². The molecule has 0 saturated heterocycles. The maximum atomic E-state index is 12.3. The standard InChI is InChI=1S/C21H12N4O4S/c22-10-14(11-23-16-6-2-3-7-18(16)25(27)28)20-24-17(12-30-20)15-9-13-5-1-4-8-19(13)29-21(15)26/h1-9,11-12,23H/b14-11-. The number of allylic oxidation sites excluding steroid dienone is 1. The SMILES string of the molecule is N#C/C(=C/Nc1ccccc1[N+](=O)[O-])c1nc(-c2cc3ccccc3oc2=O)cs1. The van der Waals surface area contributed by atoms with E-state index in [0.29, 0.717) is 21.8 Å². The Bertz CT molecular complexity index is 1400. The highest BCUT2D eigenvalue weighted by Crippen LogP contribution is 2.28. The van der Waals surface area contributed by atoms with Crippen LogP contribution in [0.4, 0.5) is 11.4 Å². The van der Waals surface area contributed by atoms with Crippen LogP contribution in [0.25, 0.3) is 27.8 Å². The third-order valence-corrected chi connectivity index (χ3v) is 5.12. The fraction of sp³-hybridized carbons (Fsp3) is 0. The van der Waals surface area contributed by atoms with E-state index in [-0.39, 0.29) is 16.9 Å². The molecule has 0 saturated carbocycles. The van der Waals surface area contributed by atoms with Crippen LogP contribution in [0.5, 0.6) is 0 Å². The van der Waals surface area contributed by atoms with Gasteiger partial charge in [-0.2, -0.15) is 5.26 Å². The summed E-state index contributed by atoms with van der Waals surface area (Å²) in [6.45, 7) is 0. The number of nitrogens with zero attached hydrogens (tertiary/aromatic N) is 3. The summed E-state index contributed by atoms with van der Waals surface area (Å²) in [6, 6.07) is 17.0. The zero-order chi connectivity index (χ0) is 21.1. The average Bonchev–Trinajstić information content (AvgIpc) is 3.23. The van der Waals surface area contributed by atoms with Crippen molar-refractivity contribution in [3.05, 3.63) is 91.7 Å². The van der Waals surface area contributed by atoms with Gasteiger partial charge in [0.25, 0.3) is 5.69 Å².